The third kappa shape index (κ3) is 5.15. The summed E-state index contributed by atoms with van der Waals surface area (Å²) in [6.07, 6.45) is 4.38. The standard InChI is InChI=1S/C29H27ClN6O2/c1-17-12-18(2)24-21(13-17)28(38)35-27(33-24)22(15-31)26(37)25-23(30)16-32-29(34-25)36-10-8-20(9-11-36)14-19-6-4-3-5-7-19/h3-7,12-13,16,20,22H,8-11,14H2,1-2H3,(H,33,35,38). The Hall–Kier alpha value is -4.09. The molecule has 9 heteroatoms. The van der Waals surface area contributed by atoms with Crippen LogP contribution in [0.5, 0.6) is 0 Å². The number of nitrogens with zero attached hydrogens (tertiary/aromatic N) is 5. The van der Waals surface area contributed by atoms with Crippen LogP contribution in [0.3, 0.4) is 0 Å². The van der Waals surface area contributed by atoms with Gasteiger partial charge in [-0.3, -0.25) is 9.59 Å². The van der Waals surface area contributed by atoms with Crippen molar-refractivity contribution < 1.29 is 4.79 Å². The summed E-state index contributed by atoms with van der Waals surface area (Å²) in [7, 11) is 0. The third-order valence-corrected chi connectivity index (χ3v) is 7.33. The molecule has 3 heterocycles. The Morgan fingerprint density at radius 2 is 1.92 bits per heavy atom. The molecular weight excluding hydrogens is 500 g/mol. The highest BCUT2D eigenvalue weighted by molar-refractivity contribution is 6.33. The SMILES string of the molecule is Cc1cc(C)c2nc(C(C#N)C(=O)c3nc(N4CCC(Cc5ccccc5)CC4)ncc3Cl)[nH]c(=O)c2c1. The average Bonchev–Trinajstić information content (AvgIpc) is 2.91. The normalized spacial score (nSPS) is 14.8. The van der Waals surface area contributed by atoms with Crippen LogP contribution in [0.2, 0.25) is 5.02 Å². The summed E-state index contributed by atoms with van der Waals surface area (Å²) in [4.78, 5) is 44.3. The van der Waals surface area contributed by atoms with Crippen LogP contribution in [-0.2, 0) is 6.42 Å². The van der Waals surface area contributed by atoms with Gasteiger partial charge < -0.3 is 9.88 Å². The van der Waals surface area contributed by atoms with E-state index in [2.05, 4.69) is 44.2 Å². The molecule has 5 rings (SSSR count). The molecule has 8 nitrogen and oxygen atoms in total. The van der Waals surface area contributed by atoms with Gasteiger partial charge in [-0.25, -0.2) is 15.0 Å². The summed E-state index contributed by atoms with van der Waals surface area (Å²) in [5.41, 5.74) is 3.03. The lowest BCUT2D eigenvalue weighted by Gasteiger charge is -2.32. The zero-order chi connectivity index (χ0) is 26.8. The Morgan fingerprint density at radius 1 is 1.18 bits per heavy atom. The van der Waals surface area contributed by atoms with Crippen LogP contribution in [0.25, 0.3) is 10.9 Å². The van der Waals surface area contributed by atoms with Gasteiger partial charge >= 0.3 is 0 Å². The second-order valence-electron chi connectivity index (χ2n) is 9.84. The topological polar surface area (TPSA) is 116 Å². The van der Waals surface area contributed by atoms with E-state index in [1.807, 2.05) is 36.9 Å². The maximum Gasteiger partial charge on any atom is 0.258 e. The van der Waals surface area contributed by atoms with Gasteiger partial charge in [0.15, 0.2) is 5.92 Å². The Bertz CT molecular complexity index is 1600. The lowest BCUT2D eigenvalue weighted by atomic mass is 9.90. The lowest BCUT2D eigenvalue weighted by molar-refractivity contribution is 0.0971. The Kier molecular flexibility index (Phi) is 7.21. The number of Topliss-reactive ketones (excluding diaryl/α,β-unsaturated/α-hetero) is 1. The van der Waals surface area contributed by atoms with E-state index in [9.17, 15) is 14.9 Å². The molecule has 1 aliphatic heterocycles. The highest BCUT2D eigenvalue weighted by atomic mass is 35.5. The highest BCUT2D eigenvalue weighted by Gasteiger charge is 2.30. The van der Waals surface area contributed by atoms with E-state index in [0.717, 1.165) is 43.5 Å². The first-order chi connectivity index (χ1) is 18.3. The molecule has 1 fully saturated rings. The number of H-pyrrole nitrogens is 1. The first kappa shape index (κ1) is 25.6. The molecule has 0 saturated carbocycles. The van der Waals surface area contributed by atoms with Gasteiger partial charge in [-0.05, 0) is 61.8 Å². The Labute approximate surface area is 225 Å². The van der Waals surface area contributed by atoms with Crippen LogP contribution in [0.1, 0.15) is 51.8 Å². The summed E-state index contributed by atoms with van der Waals surface area (Å²) in [5, 5.41) is 10.4. The number of ketones is 1. The van der Waals surface area contributed by atoms with E-state index >= 15 is 0 Å². The van der Waals surface area contributed by atoms with Crippen LogP contribution >= 0.6 is 11.6 Å². The van der Waals surface area contributed by atoms with Crippen molar-refractivity contribution in [3.05, 3.63) is 92.2 Å². The summed E-state index contributed by atoms with van der Waals surface area (Å²) in [6, 6.07) is 16.1. The maximum absolute atomic E-state index is 13.5. The van der Waals surface area contributed by atoms with Crippen molar-refractivity contribution in [2.75, 3.05) is 18.0 Å². The van der Waals surface area contributed by atoms with Crippen LogP contribution in [0, 0.1) is 31.1 Å². The number of aromatic amines is 1. The Balaban J connectivity index is 1.38. The molecule has 1 N–H and O–H groups in total. The molecular formula is C29H27ClN6O2. The van der Waals surface area contributed by atoms with Gasteiger partial charge in [-0.2, -0.15) is 5.26 Å². The predicted molar refractivity (Wildman–Crippen MR) is 147 cm³/mol. The fourth-order valence-electron chi connectivity index (χ4n) is 5.10. The summed E-state index contributed by atoms with van der Waals surface area (Å²) in [6.45, 7) is 5.24. The van der Waals surface area contributed by atoms with E-state index in [4.69, 9.17) is 11.6 Å². The van der Waals surface area contributed by atoms with Crippen molar-refractivity contribution in [2.24, 2.45) is 5.92 Å². The first-order valence-corrected chi connectivity index (χ1v) is 13.0. The zero-order valence-electron chi connectivity index (χ0n) is 21.2. The third-order valence-electron chi connectivity index (χ3n) is 7.06. The molecule has 0 aliphatic carbocycles. The molecule has 2 aromatic carbocycles. The zero-order valence-corrected chi connectivity index (χ0v) is 22.0. The molecule has 1 saturated heterocycles. The van der Waals surface area contributed by atoms with Gasteiger partial charge in [0.05, 0.1) is 28.2 Å². The minimum absolute atomic E-state index is 0.0279. The van der Waals surface area contributed by atoms with Crippen molar-refractivity contribution >= 4 is 34.2 Å². The smallest absolute Gasteiger partial charge is 0.258 e. The van der Waals surface area contributed by atoms with Crippen molar-refractivity contribution in [3.63, 3.8) is 0 Å². The summed E-state index contributed by atoms with van der Waals surface area (Å²) >= 11 is 6.33. The molecule has 0 bridgehead atoms. The van der Waals surface area contributed by atoms with E-state index in [1.165, 1.54) is 11.8 Å². The molecule has 0 amide bonds. The van der Waals surface area contributed by atoms with Crippen LogP contribution in [-0.4, -0.2) is 38.8 Å². The molecule has 1 aliphatic rings. The summed E-state index contributed by atoms with van der Waals surface area (Å²) in [5.74, 6) is -1.07. The van der Waals surface area contributed by atoms with Gasteiger partial charge in [-0.15, -0.1) is 0 Å². The number of aryl methyl sites for hydroxylation is 2. The molecule has 2 aromatic heterocycles. The number of fused-ring (bicyclic) bond motifs is 1. The second-order valence-corrected chi connectivity index (χ2v) is 10.2. The fourth-order valence-corrected chi connectivity index (χ4v) is 5.28. The van der Waals surface area contributed by atoms with Gasteiger partial charge in [0, 0.05) is 13.1 Å². The number of piperidine rings is 1. The van der Waals surface area contributed by atoms with E-state index < -0.39 is 17.3 Å². The monoisotopic (exact) mass is 526 g/mol. The molecule has 0 radical (unpaired) electrons. The van der Waals surface area contributed by atoms with Crippen LogP contribution in [0.15, 0.2) is 53.5 Å². The first-order valence-electron chi connectivity index (χ1n) is 12.6. The number of nitriles is 1. The fraction of sp³-hybridized carbons (Fsp3) is 0.310. The van der Waals surface area contributed by atoms with Crippen molar-refractivity contribution in [2.45, 2.75) is 39.0 Å². The van der Waals surface area contributed by atoms with Gasteiger partial charge in [0.25, 0.3) is 5.56 Å². The number of carbonyl (C=O) groups excluding carboxylic acids is 1. The minimum atomic E-state index is -1.37. The number of aromatic nitrogens is 4. The van der Waals surface area contributed by atoms with Gasteiger partial charge in [0.2, 0.25) is 11.7 Å². The molecule has 4 aromatic rings. The molecule has 0 spiro atoms. The van der Waals surface area contributed by atoms with Crippen LogP contribution < -0.4 is 10.5 Å². The number of benzene rings is 2. The number of halogens is 1. The van der Waals surface area contributed by atoms with Crippen molar-refractivity contribution in [1.29, 1.82) is 5.26 Å². The van der Waals surface area contributed by atoms with Crippen LogP contribution in [0.4, 0.5) is 5.95 Å². The number of hydrogen-bond acceptors (Lipinski definition) is 7. The molecule has 192 valence electrons. The van der Waals surface area contributed by atoms with Crippen molar-refractivity contribution in [1.82, 2.24) is 19.9 Å². The minimum Gasteiger partial charge on any atom is -0.341 e. The summed E-state index contributed by atoms with van der Waals surface area (Å²) < 4.78 is 0. The number of hydrogen-bond donors (Lipinski definition) is 1. The number of carbonyl (C=O) groups is 1. The molecule has 1 unspecified atom stereocenters. The second kappa shape index (κ2) is 10.7. The van der Waals surface area contributed by atoms with Gasteiger partial charge in [0.1, 0.15) is 11.5 Å². The number of anilines is 1. The van der Waals surface area contributed by atoms with E-state index in [-0.39, 0.29) is 16.5 Å². The molecule has 1 atom stereocenters. The van der Waals surface area contributed by atoms with Crippen molar-refractivity contribution in [3.8, 4) is 6.07 Å². The Morgan fingerprint density at radius 3 is 2.63 bits per heavy atom. The average molecular weight is 527 g/mol. The lowest BCUT2D eigenvalue weighted by Crippen LogP contribution is -2.35. The number of nitrogens with one attached hydrogen (secondary N) is 1. The largest absolute Gasteiger partial charge is 0.341 e. The number of rotatable bonds is 6. The highest BCUT2D eigenvalue weighted by Crippen LogP contribution is 2.27. The quantitative estimate of drug-likeness (QED) is 0.354. The van der Waals surface area contributed by atoms with E-state index in [0.29, 0.717) is 22.8 Å². The maximum atomic E-state index is 13.5. The van der Waals surface area contributed by atoms with Gasteiger partial charge in [-0.1, -0.05) is 48.0 Å². The van der Waals surface area contributed by atoms with E-state index in [1.54, 1.807) is 6.07 Å². The molecule has 38 heavy (non-hydrogen) atoms. The predicted octanol–water partition coefficient (Wildman–Crippen LogP) is 4.93.